The number of rotatable bonds is 6. The molecule has 2 aliphatic rings. The number of hydrogen-bond acceptors (Lipinski definition) is 1. The van der Waals surface area contributed by atoms with Gasteiger partial charge in [0.05, 0.1) is 21.9 Å². The molecule has 4 heteroatoms. The summed E-state index contributed by atoms with van der Waals surface area (Å²) in [5.74, 6) is -0.121. The van der Waals surface area contributed by atoms with Crippen molar-refractivity contribution in [2.75, 3.05) is 19.0 Å². The molecular weight excluding hydrogens is 565 g/mol. The van der Waals surface area contributed by atoms with Crippen molar-refractivity contribution in [3.63, 3.8) is 0 Å². The van der Waals surface area contributed by atoms with Gasteiger partial charge < -0.3 is 4.90 Å². The predicted molar refractivity (Wildman–Crippen MR) is 188 cm³/mol. The minimum atomic E-state index is -0.508. The number of aryl methyl sites for hydroxylation is 1. The largest absolute Gasteiger partial charge is 0.378 e. The molecule has 4 heterocycles. The molecule has 0 atom stereocenters. The number of nitrogens with zero attached hydrogens (tertiary/aromatic N) is 3. The summed E-state index contributed by atoms with van der Waals surface area (Å²) < 4.78 is 21.6. The first-order chi connectivity index (χ1) is 22.2. The normalized spacial score (nSPS) is 15.3. The number of benzene rings is 3. The van der Waals surface area contributed by atoms with Crippen LogP contribution in [0.2, 0.25) is 0 Å². The second-order valence-electron chi connectivity index (χ2n) is 14.3. The van der Waals surface area contributed by atoms with Crippen molar-refractivity contribution in [2.45, 2.75) is 77.7 Å². The van der Waals surface area contributed by atoms with Crippen molar-refractivity contribution in [1.29, 1.82) is 0 Å². The lowest BCUT2D eigenvalue weighted by Gasteiger charge is -2.35. The Labute approximate surface area is 271 Å². The van der Waals surface area contributed by atoms with Crippen molar-refractivity contribution >= 4 is 32.7 Å². The first-order valence-electron chi connectivity index (χ1n) is 17.1. The Balaban J connectivity index is 1.65. The molecule has 1 aliphatic heterocycles. The van der Waals surface area contributed by atoms with Crippen LogP contribution in [-0.4, -0.2) is 14.1 Å². The lowest BCUT2D eigenvalue weighted by molar-refractivity contribution is -0.744. The van der Waals surface area contributed by atoms with Crippen LogP contribution in [0.15, 0.2) is 79.1 Å². The maximum absolute atomic E-state index is 16.6. The Morgan fingerprint density at radius 3 is 2.35 bits per heavy atom. The number of fused-ring (bicyclic) bond motifs is 7. The Morgan fingerprint density at radius 1 is 0.804 bits per heavy atom. The molecule has 232 valence electrons. The van der Waals surface area contributed by atoms with Gasteiger partial charge in [-0.15, -0.1) is 0 Å². The molecule has 6 aromatic rings. The summed E-state index contributed by atoms with van der Waals surface area (Å²) in [5.41, 5.74) is 10.7. The lowest BCUT2D eigenvalue weighted by Crippen LogP contribution is -2.58. The third-order valence-corrected chi connectivity index (χ3v) is 11.4. The molecule has 3 aromatic carbocycles. The number of aromatic nitrogens is 2. The molecule has 46 heavy (non-hydrogen) atoms. The highest BCUT2D eigenvalue weighted by Gasteiger charge is 2.54. The summed E-state index contributed by atoms with van der Waals surface area (Å²) in [5, 5.41) is 5.04. The molecule has 0 saturated heterocycles. The third kappa shape index (κ3) is 3.64. The number of halogens is 1. The van der Waals surface area contributed by atoms with Gasteiger partial charge in [0.25, 0.3) is 0 Å². The quantitative estimate of drug-likeness (QED) is 0.135. The Hall–Kier alpha value is -4.31. The molecule has 0 fully saturated rings. The van der Waals surface area contributed by atoms with Gasteiger partial charge in [0.15, 0.2) is 17.9 Å². The number of unbranched alkanes of at least 4 members (excludes halogenated alkanes) is 1. The van der Waals surface area contributed by atoms with Gasteiger partial charge in [0, 0.05) is 67.2 Å². The summed E-state index contributed by atoms with van der Waals surface area (Å²) >= 11 is 0. The maximum atomic E-state index is 16.6. The average Bonchev–Trinajstić information content (AvgIpc) is 3.17. The molecule has 0 unspecified atom stereocenters. The molecule has 3 nitrogen and oxygen atoms in total. The molecule has 3 aromatic heterocycles. The van der Waals surface area contributed by atoms with E-state index in [1.807, 2.05) is 0 Å². The molecule has 0 saturated carbocycles. The number of pyridine rings is 3. The fraction of sp³-hybridized carbons (Fsp3) is 0.333. The van der Waals surface area contributed by atoms with Crippen molar-refractivity contribution in [1.82, 2.24) is 0 Å². The van der Waals surface area contributed by atoms with E-state index in [-0.39, 0.29) is 11.4 Å². The zero-order chi connectivity index (χ0) is 32.1. The summed E-state index contributed by atoms with van der Waals surface area (Å²) in [7, 11) is 4.21. The standard InChI is InChI=1S/C42H44FN3/c1-8-11-14-26-23-27-20-22-46-40-35(27)32(24-26)41(4,5)38-33(43)19-18-30(36(38)40)39-37(42(46,9-2)10-3)29-17-16-28(44(6)7)25-31(29)34-15-12-13-21-45(34)39/h12-13,15-25H,8-11,14H2,1-7H3/q+2. The van der Waals surface area contributed by atoms with Crippen molar-refractivity contribution in [3.05, 3.63) is 107 Å². The topological polar surface area (TPSA) is 11.2 Å². The molecular formula is C42H44FN3+2. The fourth-order valence-corrected chi connectivity index (χ4v) is 9.00. The molecule has 0 spiro atoms. The van der Waals surface area contributed by atoms with Crippen LogP contribution in [-0.2, 0) is 17.4 Å². The van der Waals surface area contributed by atoms with Crippen LogP contribution in [0.1, 0.15) is 82.6 Å². The van der Waals surface area contributed by atoms with Gasteiger partial charge in [0.2, 0.25) is 16.9 Å². The van der Waals surface area contributed by atoms with E-state index in [9.17, 15) is 0 Å². The Morgan fingerprint density at radius 2 is 1.61 bits per heavy atom. The number of hydrogen-bond donors (Lipinski definition) is 0. The van der Waals surface area contributed by atoms with Crippen LogP contribution in [0.25, 0.3) is 49.6 Å². The second-order valence-corrected chi connectivity index (χ2v) is 14.3. The second kappa shape index (κ2) is 10.1. The summed E-state index contributed by atoms with van der Waals surface area (Å²) in [6, 6.07) is 24.4. The van der Waals surface area contributed by atoms with Crippen molar-refractivity contribution < 1.29 is 13.4 Å². The highest BCUT2D eigenvalue weighted by molar-refractivity contribution is 6.07. The molecule has 0 radical (unpaired) electrons. The van der Waals surface area contributed by atoms with Gasteiger partial charge in [-0.1, -0.05) is 59.2 Å². The Kier molecular flexibility index (Phi) is 6.39. The highest BCUT2D eigenvalue weighted by atomic mass is 19.1. The first-order valence-corrected chi connectivity index (χ1v) is 17.1. The fourth-order valence-electron chi connectivity index (χ4n) is 9.00. The van der Waals surface area contributed by atoms with Crippen LogP contribution in [0.3, 0.4) is 0 Å². The summed E-state index contributed by atoms with van der Waals surface area (Å²) in [4.78, 5) is 2.18. The van der Waals surface area contributed by atoms with Gasteiger partial charge in [0.1, 0.15) is 11.4 Å². The van der Waals surface area contributed by atoms with Gasteiger partial charge in [-0.2, -0.15) is 8.97 Å². The van der Waals surface area contributed by atoms with Crippen LogP contribution in [0.4, 0.5) is 10.1 Å². The van der Waals surface area contributed by atoms with Crippen LogP contribution in [0, 0.1) is 5.82 Å². The van der Waals surface area contributed by atoms with Crippen LogP contribution < -0.4 is 13.9 Å². The minimum absolute atomic E-state index is 0.121. The summed E-state index contributed by atoms with van der Waals surface area (Å²) in [6.45, 7) is 11.4. The zero-order valence-electron chi connectivity index (χ0n) is 28.3. The summed E-state index contributed by atoms with van der Waals surface area (Å²) in [6.07, 6.45) is 9.68. The first kappa shape index (κ1) is 29.1. The SMILES string of the molecule is CCCCc1cc2c3c4[n+](ccc3c1)C(CC)(CC)c1c([n+]3ccccc3c3cc(N(C)C)ccc13)-c1ccc(F)c(c1-4)C2(C)C. The van der Waals surface area contributed by atoms with Gasteiger partial charge in [-0.25, -0.2) is 4.39 Å². The minimum Gasteiger partial charge on any atom is -0.378 e. The van der Waals surface area contributed by atoms with E-state index in [4.69, 9.17) is 0 Å². The average molecular weight is 610 g/mol. The van der Waals surface area contributed by atoms with E-state index in [1.165, 1.54) is 55.3 Å². The Bertz CT molecular complexity index is 2240. The van der Waals surface area contributed by atoms with Gasteiger partial charge >= 0.3 is 0 Å². The van der Waals surface area contributed by atoms with E-state index in [1.54, 1.807) is 6.07 Å². The van der Waals surface area contributed by atoms with Crippen molar-refractivity contribution in [3.8, 4) is 22.5 Å². The van der Waals surface area contributed by atoms with Gasteiger partial charge in [-0.05, 0) is 59.7 Å². The highest BCUT2D eigenvalue weighted by Crippen LogP contribution is 2.55. The van der Waals surface area contributed by atoms with Crippen LogP contribution >= 0.6 is 0 Å². The lowest BCUT2D eigenvalue weighted by atomic mass is 9.67. The van der Waals surface area contributed by atoms with Crippen molar-refractivity contribution in [2.24, 2.45) is 0 Å². The van der Waals surface area contributed by atoms with E-state index in [2.05, 4.69) is 136 Å². The molecule has 0 bridgehead atoms. The number of anilines is 1. The predicted octanol–water partition coefficient (Wildman–Crippen LogP) is 9.42. The third-order valence-electron chi connectivity index (χ3n) is 11.4. The zero-order valence-corrected chi connectivity index (χ0v) is 28.3. The van der Waals surface area contributed by atoms with E-state index < -0.39 is 5.41 Å². The molecule has 1 aliphatic carbocycles. The monoisotopic (exact) mass is 609 g/mol. The maximum Gasteiger partial charge on any atom is 0.230 e. The molecule has 0 amide bonds. The smallest absolute Gasteiger partial charge is 0.230 e. The van der Waals surface area contributed by atoms with Crippen LogP contribution in [0.5, 0.6) is 0 Å². The van der Waals surface area contributed by atoms with E-state index in [0.717, 1.165) is 54.3 Å². The van der Waals surface area contributed by atoms with E-state index in [0.29, 0.717) is 0 Å². The molecule has 8 rings (SSSR count). The van der Waals surface area contributed by atoms with E-state index >= 15 is 4.39 Å². The molecule has 0 N–H and O–H groups in total. The van der Waals surface area contributed by atoms with Gasteiger partial charge in [-0.3, -0.25) is 0 Å².